The second-order valence-corrected chi connectivity index (χ2v) is 7.48. The van der Waals surface area contributed by atoms with E-state index in [-0.39, 0.29) is 6.61 Å². The Morgan fingerprint density at radius 3 is 2.64 bits per heavy atom. The molecule has 154 valence electrons. The van der Waals surface area contributed by atoms with Crippen LogP contribution in [0.4, 0.5) is 0 Å². The lowest BCUT2D eigenvalue weighted by atomic mass is 10.1. The molecule has 1 aromatic heterocycles. The molecule has 0 bridgehead atoms. The van der Waals surface area contributed by atoms with E-state index in [9.17, 15) is 5.11 Å². The predicted molar refractivity (Wildman–Crippen MR) is 108 cm³/mol. The third-order valence-electron chi connectivity index (χ3n) is 5.38. The molecule has 6 nitrogen and oxygen atoms in total. The maximum atomic E-state index is 9.56. The Kier molecular flexibility index (Phi) is 7.50. The molecule has 1 aliphatic rings. The van der Waals surface area contributed by atoms with Crippen molar-refractivity contribution in [3.63, 3.8) is 0 Å². The number of benzene rings is 1. The zero-order valence-corrected chi connectivity index (χ0v) is 17.2. The van der Waals surface area contributed by atoms with Crippen molar-refractivity contribution in [2.75, 3.05) is 40.5 Å². The highest BCUT2D eigenvalue weighted by atomic mass is 16.5. The molecule has 1 aromatic carbocycles. The molecular weight excluding hydrogens is 356 g/mol. The van der Waals surface area contributed by atoms with E-state index in [1.165, 1.54) is 5.56 Å². The van der Waals surface area contributed by atoms with Gasteiger partial charge < -0.3 is 19.0 Å². The lowest BCUT2D eigenvalue weighted by Crippen LogP contribution is -2.52. The number of hydrogen-bond acceptors (Lipinski definition) is 6. The summed E-state index contributed by atoms with van der Waals surface area (Å²) in [6.07, 6.45) is 0.777. The van der Waals surface area contributed by atoms with Crippen LogP contribution in [0.1, 0.15) is 29.1 Å². The van der Waals surface area contributed by atoms with Crippen LogP contribution >= 0.6 is 0 Å². The molecule has 0 spiro atoms. The molecule has 2 aromatic rings. The summed E-state index contributed by atoms with van der Waals surface area (Å²) >= 11 is 0. The monoisotopic (exact) mass is 388 g/mol. The van der Waals surface area contributed by atoms with E-state index in [0.717, 1.165) is 62.0 Å². The van der Waals surface area contributed by atoms with E-state index < -0.39 is 0 Å². The number of aliphatic hydroxyl groups excluding tert-OH is 1. The highest BCUT2D eigenvalue weighted by Gasteiger charge is 2.27. The highest BCUT2D eigenvalue weighted by molar-refractivity contribution is 5.36. The molecule has 1 aliphatic heterocycles. The number of aryl methyl sites for hydroxylation is 1. The van der Waals surface area contributed by atoms with Crippen LogP contribution in [-0.4, -0.2) is 61.4 Å². The molecule has 3 rings (SSSR count). The Balaban J connectivity index is 1.61. The lowest BCUT2D eigenvalue weighted by molar-refractivity contribution is 0.0462. The van der Waals surface area contributed by atoms with Gasteiger partial charge in [0.25, 0.3) is 0 Å². The molecule has 0 saturated carbocycles. The molecule has 0 amide bonds. The Morgan fingerprint density at radius 2 is 1.93 bits per heavy atom. The first-order valence-electron chi connectivity index (χ1n) is 9.90. The first-order valence-corrected chi connectivity index (χ1v) is 9.90. The maximum absolute atomic E-state index is 9.56. The average Bonchev–Trinajstić information content (AvgIpc) is 3.11. The van der Waals surface area contributed by atoms with Gasteiger partial charge in [-0.15, -0.1) is 0 Å². The van der Waals surface area contributed by atoms with E-state index in [0.29, 0.717) is 12.6 Å². The van der Waals surface area contributed by atoms with Crippen LogP contribution in [-0.2, 0) is 24.4 Å². The van der Waals surface area contributed by atoms with Gasteiger partial charge >= 0.3 is 0 Å². The summed E-state index contributed by atoms with van der Waals surface area (Å²) < 4.78 is 16.3. The van der Waals surface area contributed by atoms with Crippen LogP contribution < -0.4 is 4.74 Å². The van der Waals surface area contributed by atoms with E-state index in [1.54, 1.807) is 14.2 Å². The van der Waals surface area contributed by atoms with Gasteiger partial charge in [0.1, 0.15) is 23.9 Å². The van der Waals surface area contributed by atoms with Gasteiger partial charge in [-0.25, -0.2) is 0 Å². The Bertz CT molecular complexity index is 746. The fraction of sp³-hybridized carbons (Fsp3) is 0.545. The minimum Gasteiger partial charge on any atom is -0.496 e. The minimum atomic E-state index is 0.204. The number of methoxy groups -OCH3 is 2. The zero-order chi connectivity index (χ0) is 19.9. The smallest absolute Gasteiger partial charge is 0.129 e. The number of nitrogens with zero attached hydrogens (tertiary/aromatic N) is 2. The molecule has 0 radical (unpaired) electrons. The zero-order valence-electron chi connectivity index (χ0n) is 17.2. The molecule has 1 atom stereocenters. The highest BCUT2D eigenvalue weighted by Crippen LogP contribution is 2.23. The fourth-order valence-electron chi connectivity index (χ4n) is 3.95. The molecule has 1 N–H and O–H groups in total. The van der Waals surface area contributed by atoms with Crippen molar-refractivity contribution in [2.45, 2.75) is 39.1 Å². The second-order valence-electron chi connectivity index (χ2n) is 7.48. The molecule has 0 aliphatic carbocycles. The number of ether oxygens (including phenoxy) is 2. The third-order valence-corrected chi connectivity index (χ3v) is 5.38. The Labute approximate surface area is 167 Å². The minimum absolute atomic E-state index is 0.204. The lowest BCUT2D eigenvalue weighted by Gasteiger charge is -2.41. The number of rotatable bonds is 9. The second kappa shape index (κ2) is 10.1. The summed E-state index contributed by atoms with van der Waals surface area (Å²) in [6, 6.07) is 10.7. The Morgan fingerprint density at radius 1 is 1.11 bits per heavy atom. The summed E-state index contributed by atoms with van der Waals surface area (Å²) in [5.74, 6) is 2.75. The van der Waals surface area contributed by atoms with E-state index in [4.69, 9.17) is 13.9 Å². The summed E-state index contributed by atoms with van der Waals surface area (Å²) in [4.78, 5) is 4.89. The normalized spacial score (nSPS) is 18.5. The van der Waals surface area contributed by atoms with Crippen molar-refractivity contribution in [1.29, 1.82) is 0 Å². The summed E-state index contributed by atoms with van der Waals surface area (Å²) in [7, 11) is 3.38. The summed E-state index contributed by atoms with van der Waals surface area (Å²) in [5, 5.41) is 9.56. The van der Waals surface area contributed by atoms with Gasteiger partial charge in [-0.2, -0.15) is 0 Å². The predicted octanol–water partition coefficient (Wildman–Crippen LogP) is 2.81. The van der Waals surface area contributed by atoms with Crippen LogP contribution in [0.3, 0.4) is 0 Å². The van der Waals surface area contributed by atoms with Crippen LogP contribution in [0, 0.1) is 6.92 Å². The SMILES string of the molecule is COCc1ccc(CN2CCN(Cc3ccc(OC)c(C)c3)C(CCO)C2)o1. The van der Waals surface area contributed by atoms with E-state index >= 15 is 0 Å². The van der Waals surface area contributed by atoms with Gasteiger partial charge in [-0.3, -0.25) is 9.80 Å². The fourth-order valence-corrected chi connectivity index (χ4v) is 3.95. The van der Waals surface area contributed by atoms with E-state index in [1.807, 2.05) is 18.2 Å². The van der Waals surface area contributed by atoms with Crippen molar-refractivity contribution >= 4 is 0 Å². The van der Waals surface area contributed by atoms with Crippen LogP contribution in [0.2, 0.25) is 0 Å². The topological polar surface area (TPSA) is 58.3 Å². The quantitative estimate of drug-likeness (QED) is 0.713. The molecule has 6 heteroatoms. The van der Waals surface area contributed by atoms with Gasteiger partial charge in [0.2, 0.25) is 0 Å². The standard InChI is InChI=1S/C22H32N2O4/c1-17-12-18(4-7-22(17)27-3)13-24-10-9-23(14-19(24)8-11-25)15-20-5-6-21(28-20)16-26-2/h4-7,12,19,25H,8-11,13-16H2,1-3H3. The first kappa shape index (κ1) is 20.9. The van der Waals surface area contributed by atoms with Crippen molar-refractivity contribution in [1.82, 2.24) is 9.80 Å². The van der Waals surface area contributed by atoms with Gasteiger partial charge in [0.05, 0.1) is 13.7 Å². The molecular formula is C22H32N2O4. The number of piperazine rings is 1. The van der Waals surface area contributed by atoms with Gasteiger partial charge in [0, 0.05) is 45.9 Å². The molecule has 1 unspecified atom stereocenters. The van der Waals surface area contributed by atoms with Gasteiger partial charge in [0.15, 0.2) is 0 Å². The average molecular weight is 389 g/mol. The molecule has 1 fully saturated rings. The van der Waals surface area contributed by atoms with Crippen LogP contribution in [0.25, 0.3) is 0 Å². The Hall–Kier alpha value is -1.86. The number of aliphatic hydroxyl groups is 1. The van der Waals surface area contributed by atoms with Crippen molar-refractivity contribution in [3.8, 4) is 5.75 Å². The molecule has 28 heavy (non-hydrogen) atoms. The number of furan rings is 1. The summed E-state index contributed by atoms with van der Waals surface area (Å²) in [6.45, 7) is 7.35. The van der Waals surface area contributed by atoms with Gasteiger partial charge in [-0.1, -0.05) is 12.1 Å². The maximum Gasteiger partial charge on any atom is 0.129 e. The molecule has 1 saturated heterocycles. The first-order chi connectivity index (χ1) is 13.6. The largest absolute Gasteiger partial charge is 0.496 e. The van der Waals surface area contributed by atoms with Crippen LogP contribution in [0.15, 0.2) is 34.7 Å². The van der Waals surface area contributed by atoms with Crippen molar-refractivity contribution in [3.05, 3.63) is 53.0 Å². The van der Waals surface area contributed by atoms with Crippen molar-refractivity contribution in [2.24, 2.45) is 0 Å². The third kappa shape index (κ3) is 5.35. The summed E-state index contributed by atoms with van der Waals surface area (Å²) in [5.41, 5.74) is 2.44. The molecule has 2 heterocycles. The van der Waals surface area contributed by atoms with E-state index in [2.05, 4.69) is 28.9 Å². The van der Waals surface area contributed by atoms with Crippen molar-refractivity contribution < 1.29 is 19.0 Å². The van der Waals surface area contributed by atoms with Gasteiger partial charge in [-0.05, 0) is 42.7 Å². The van der Waals surface area contributed by atoms with Crippen LogP contribution in [0.5, 0.6) is 5.75 Å². The number of hydrogen-bond donors (Lipinski definition) is 1.